The summed E-state index contributed by atoms with van der Waals surface area (Å²) < 4.78 is 3.95. The topological polar surface area (TPSA) is 42.7 Å². The van der Waals surface area contributed by atoms with Crippen LogP contribution in [0.15, 0.2) is 39.7 Å². The van der Waals surface area contributed by atoms with Gasteiger partial charge in [-0.1, -0.05) is 0 Å². The molecule has 18 heavy (non-hydrogen) atoms. The van der Waals surface area contributed by atoms with Crippen molar-refractivity contribution in [2.24, 2.45) is 0 Å². The average Bonchev–Trinajstić information content (AvgIpc) is 2.84. The summed E-state index contributed by atoms with van der Waals surface area (Å²) in [7, 11) is 0. The average molecular weight is 374 g/mol. The Morgan fingerprint density at radius 1 is 1.33 bits per heavy atom. The molecule has 0 aliphatic carbocycles. The van der Waals surface area contributed by atoms with Crippen molar-refractivity contribution >= 4 is 31.9 Å². The van der Waals surface area contributed by atoms with Gasteiger partial charge in [0.2, 0.25) is 0 Å². The van der Waals surface area contributed by atoms with Crippen LogP contribution in [0.3, 0.4) is 0 Å². The Kier molecular flexibility index (Phi) is 5.34. The summed E-state index contributed by atoms with van der Waals surface area (Å²) in [4.78, 5) is 4.35. The number of pyridine rings is 1. The fourth-order valence-corrected chi connectivity index (χ4v) is 2.71. The van der Waals surface area contributed by atoms with Crippen LogP contribution in [-0.2, 0) is 13.1 Å². The molecule has 2 heterocycles. The molecule has 0 atom stereocenters. The van der Waals surface area contributed by atoms with E-state index in [4.69, 9.17) is 0 Å². The molecule has 2 aromatic heterocycles. The number of nitrogens with zero attached hydrogens (tertiary/aromatic N) is 3. The summed E-state index contributed by atoms with van der Waals surface area (Å²) in [6.07, 6.45) is 6.64. The maximum absolute atomic E-state index is 4.35. The zero-order valence-electron chi connectivity index (χ0n) is 9.81. The number of halogens is 2. The Balaban J connectivity index is 1.69. The SMILES string of the molecule is Brc1cnc(CNCCCn2cccn2)c(Br)c1. The fraction of sp³-hybridized carbons (Fsp3) is 0.333. The smallest absolute Gasteiger partial charge is 0.0684 e. The Morgan fingerprint density at radius 3 is 2.94 bits per heavy atom. The molecule has 6 heteroatoms. The molecule has 0 fully saturated rings. The molecule has 0 aromatic carbocycles. The summed E-state index contributed by atoms with van der Waals surface area (Å²) in [5.74, 6) is 0. The molecular weight excluding hydrogens is 360 g/mol. The van der Waals surface area contributed by atoms with E-state index in [1.54, 1.807) is 6.20 Å². The van der Waals surface area contributed by atoms with Crippen LogP contribution < -0.4 is 5.32 Å². The van der Waals surface area contributed by atoms with Gasteiger partial charge >= 0.3 is 0 Å². The van der Waals surface area contributed by atoms with E-state index in [9.17, 15) is 0 Å². The summed E-state index contributed by atoms with van der Waals surface area (Å²) in [6.45, 7) is 2.66. The maximum Gasteiger partial charge on any atom is 0.0684 e. The van der Waals surface area contributed by atoms with Crippen LogP contribution in [0.5, 0.6) is 0 Å². The van der Waals surface area contributed by atoms with Crippen molar-refractivity contribution in [3.8, 4) is 0 Å². The van der Waals surface area contributed by atoms with Crippen molar-refractivity contribution in [1.82, 2.24) is 20.1 Å². The van der Waals surface area contributed by atoms with E-state index < -0.39 is 0 Å². The van der Waals surface area contributed by atoms with E-state index in [1.165, 1.54) is 0 Å². The molecule has 1 N–H and O–H groups in total. The van der Waals surface area contributed by atoms with Crippen molar-refractivity contribution < 1.29 is 0 Å². The first kappa shape index (κ1) is 13.7. The first-order chi connectivity index (χ1) is 8.75. The van der Waals surface area contributed by atoms with Crippen molar-refractivity contribution in [2.75, 3.05) is 6.54 Å². The standard InChI is InChI=1S/C12H14Br2N4/c13-10-7-11(14)12(16-8-10)9-15-3-1-5-18-6-2-4-17-18/h2,4,6-8,15H,1,3,5,9H2. The molecule has 0 amide bonds. The third kappa shape index (κ3) is 4.19. The minimum Gasteiger partial charge on any atom is -0.311 e. The molecule has 0 aliphatic heterocycles. The quantitative estimate of drug-likeness (QED) is 0.791. The van der Waals surface area contributed by atoms with Crippen molar-refractivity contribution in [2.45, 2.75) is 19.5 Å². The zero-order valence-corrected chi connectivity index (χ0v) is 13.0. The van der Waals surface area contributed by atoms with Crippen LogP contribution in [0.2, 0.25) is 0 Å². The Labute approximate surface area is 123 Å². The normalized spacial score (nSPS) is 10.8. The molecule has 0 spiro atoms. The van der Waals surface area contributed by atoms with Crippen LogP contribution in [0.4, 0.5) is 0 Å². The summed E-state index contributed by atoms with van der Waals surface area (Å²) >= 11 is 6.89. The predicted molar refractivity (Wildman–Crippen MR) is 78.2 cm³/mol. The van der Waals surface area contributed by atoms with E-state index >= 15 is 0 Å². The molecule has 0 aliphatic rings. The third-order valence-corrected chi connectivity index (χ3v) is 3.60. The van der Waals surface area contributed by atoms with Gasteiger partial charge in [-0.3, -0.25) is 9.67 Å². The lowest BCUT2D eigenvalue weighted by atomic mass is 10.3. The first-order valence-electron chi connectivity index (χ1n) is 5.74. The monoisotopic (exact) mass is 372 g/mol. The van der Waals surface area contributed by atoms with Crippen LogP contribution in [0, 0.1) is 0 Å². The number of hydrogen-bond donors (Lipinski definition) is 1. The van der Waals surface area contributed by atoms with E-state index in [-0.39, 0.29) is 0 Å². The lowest BCUT2D eigenvalue weighted by Gasteiger charge is -2.06. The van der Waals surface area contributed by atoms with Crippen LogP contribution in [0.25, 0.3) is 0 Å². The van der Waals surface area contributed by atoms with E-state index in [1.807, 2.05) is 29.2 Å². The van der Waals surface area contributed by atoms with Crippen molar-refractivity contribution in [3.05, 3.63) is 45.4 Å². The molecule has 0 saturated heterocycles. The second-order valence-electron chi connectivity index (χ2n) is 3.88. The van der Waals surface area contributed by atoms with Gasteiger partial charge < -0.3 is 5.32 Å². The molecule has 0 radical (unpaired) electrons. The Morgan fingerprint density at radius 2 is 2.22 bits per heavy atom. The van der Waals surface area contributed by atoms with Gasteiger partial charge in [-0.05, 0) is 57.0 Å². The minimum atomic E-state index is 0.771. The van der Waals surface area contributed by atoms with Gasteiger partial charge in [0.25, 0.3) is 0 Å². The second-order valence-corrected chi connectivity index (χ2v) is 5.65. The van der Waals surface area contributed by atoms with Gasteiger partial charge in [-0.25, -0.2) is 0 Å². The maximum atomic E-state index is 4.35. The highest BCUT2D eigenvalue weighted by atomic mass is 79.9. The molecule has 2 rings (SSSR count). The Bertz CT molecular complexity index is 485. The van der Waals surface area contributed by atoms with Gasteiger partial charge in [0.05, 0.1) is 5.69 Å². The van der Waals surface area contributed by atoms with E-state index in [0.29, 0.717) is 0 Å². The van der Waals surface area contributed by atoms with E-state index in [2.05, 4.69) is 47.3 Å². The lowest BCUT2D eigenvalue weighted by molar-refractivity contribution is 0.541. The third-order valence-electron chi connectivity index (χ3n) is 2.48. The number of rotatable bonds is 6. The molecule has 0 saturated carbocycles. The highest BCUT2D eigenvalue weighted by Crippen LogP contribution is 2.19. The second kappa shape index (κ2) is 7.01. The summed E-state index contributed by atoms with van der Waals surface area (Å²) in [6, 6.07) is 3.95. The van der Waals surface area contributed by atoms with Gasteiger partial charge in [0, 0.05) is 40.6 Å². The number of nitrogens with one attached hydrogen (secondary N) is 1. The lowest BCUT2D eigenvalue weighted by Crippen LogP contribution is -2.17. The van der Waals surface area contributed by atoms with Crippen molar-refractivity contribution in [3.63, 3.8) is 0 Å². The molecule has 2 aromatic rings. The zero-order chi connectivity index (χ0) is 12.8. The molecule has 0 bridgehead atoms. The molecule has 0 unspecified atom stereocenters. The minimum absolute atomic E-state index is 0.771. The van der Waals surface area contributed by atoms with Gasteiger partial charge in [0.1, 0.15) is 0 Å². The largest absolute Gasteiger partial charge is 0.311 e. The predicted octanol–water partition coefficient (Wildman–Crippen LogP) is 2.98. The first-order valence-corrected chi connectivity index (χ1v) is 7.32. The number of hydrogen-bond acceptors (Lipinski definition) is 3. The molecular formula is C12H14Br2N4. The van der Waals surface area contributed by atoms with Gasteiger partial charge in [0.15, 0.2) is 0 Å². The highest BCUT2D eigenvalue weighted by molar-refractivity contribution is 9.11. The number of aromatic nitrogens is 3. The fourth-order valence-electron chi connectivity index (χ4n) is 1.58. The Hall–Kier alpha value is -0.720. The van der Waals surface area contributed by atoms with Crippen LogP contribution in [-0.4, -0.2) is 21.3 Å². The highest BCUT2D eigenvalue weighted by Gasteiger charge is 2.01. The van der Waals surface area contributed by atoms with Crippen molar-refractivity contribution in [1.29, 1.82) is 0 Å². The molecule has 96 valence electrons. The summed E-state index contributed by atoms with van der Waals surface area (Å²) in [5.41, 5.74) is 1.03. The van der Waals surface area contributed by atoms with E-state index in [0.717, 1.165) is 40.7 Å². The molecule has 4 nitrogen and oxygen atoms in total. The summed E-state index contributed by atoms with van der Waals surface area (Å²) in [5, 5.41) is 7.54. The van der Waals surface area contributed by atoms with Crippen LogP contribution >= 0.6 is 31.9 Å². The van der Waals surface area contributed by atoms with Crippen LogP contribution in [0.1, 0.15) is 12.1 Å². The van der Waals surface area contributed by atoms with Gasteiger partial charge in [-0.15, -0.1) is 0 Å². The number of aryl methyl sites for hydroxylation is 1. The van der Waals surface area contributed by atoms with Gasteiger partial charge in [-0.2, -0.15) is 5.10 Å².